The average Bonchev–Trinajstić information content (AvgIpc) is 2.86. The number of carbonyl (C=O) groups is 2. The molecule has 1 aromatic rings. The van der Waals surface area contributed by atoms with Crippen molar-refractivity contribution in [2.24, 2.45) is 5.92 Å². The summed E-state index contributed by atoms with van der Waals surface area (Å²) in [5.74, 6) is -0.703. The molecule has 1 aliphatic carbocycles. The van der Waals surface area contributed by atoms with Gasteiger partial charge >= 0.3 is 5.97 Å². The van der Waals surface area contributed by atoms with Crippen LogP contribution >= 0.6 is 11.8 Å². The van der Waals surface area contributed by atoms with Gasteiger partial charge < -0.3 is 10.4 Å². The molecule has 2 N–H and O–H groups in total. The van der Waals surface area contributed by atoms with Crippen molar-refractivity contribution >= 4 is 23.6 Å². The first kappa shape index (κ1) is 13.9. The number of carboxylic acid groups (broad SMARTS) is 1. The van der Waals surface area contributed by atoms with E-state index >= 15 is 0 Å². The van der Waals surface area contributed by atoms with Gasteiger partial charge in [-0.05, 0) is 31.4 Å². The summed E-state index contributed by atoms with van der Waals surface area (Å²) in [6.45, 7) is 0. The Bertz CT molecular complexity index is 449. The third-order valence-electron chi connectivity index (χ3n) is 3.26. The van der Waals surface area contributed by atoms with Crippen molar-refractivity contribution in [1.82, 2.24) is 5.32 Å². The number of hydrogen-bond acceptors (Lipinski definition) is 3. The predicted octanol–water partition coefficient (Wildman–Crippen LogP) is 2.15. The second-order valence-electron chi connectivity index (χ2n) is 4.71. The molecular formula is C14H17NO3S. The molecule has 102 valence electrons. The van der Waals surface area contributed by atoms with Gasteiger partial charge in [0.1, 0.15) is 0 Å². The van der Waals surface area contributed by atoms with Crippen LogP contribution in [0.5, 0.6) is 0 Å². The standard InChI is InChI=1S/C14H17NO3S/c16-13(9-19-12-4-2-1-3-5-12)15-11-7-6-10(8-11)14(17)18/h1-5,10-11H,6-9H2,(H,15,16)(H,17,18)/t10-,11+/m1/s1. The van der Waals surface area contributed by atoms with Crippen molar-refractivity contribution in [3.05, 3.63) is 30.3 Å². The van der Waals surface area contributed by atoms with E-state index in [-0.39, 0.29) is 17.9 Å². The van der Waals surface area contributed by atoms with E-state index in [0.717, 1.165) is 11.3 Å². The zero-order chi connectivity index (χ0) is 13.7. The Balaban J connectivity index is 1.72. The van der Waals surface area contributed by atoms with Gasteiger partial charge in [0.2, 0.25) is 5.91 Å². The highest BCUT2D eigenvalue weighted by molar-refractivity contribution is 8.00. The maximum Gasteiger partial charge on any atom is 0.306 e. The average molecular weight is 279 g/mol. The van der Waals surface area contributed by atoms with Gasteiger partial charge in [-0.1, -0.05) is 18.2 Å². The quantitative estimate of drug-likeness (QED) is 0.810. The molecule has 0 unspecified atom stereocenters. The summed E-state index contributed by atoms with van der Waals surface area (Å²) in [6, 6.07) is 9.77. The summed E-state index contributed by atoms with van der Waals surface area (Å²) in [7, 11) is 0. The van der Waals surface area contributed by atoms with Crippen LogP contribution in [0.25, 0.3) is 0 Å². The molecule has 19 heavy (non-hydrogen) atoms. The van der Waals surface area contributed by atoms with Gasteiger partial charge in [0.15, 0.2) is 0 Å². The second-order valence-corrected chi connectivity index (χ2v) is 5.76. The number of thioether (sulfide) groups is 1. The SMILES string of the molecule is O=C(CSc1ccccc1)N[C@H]1CC[C@@H](C(=O)O)C1. The molecule has 0 radical (unpaired) electrons. The lowest BCUT2D eigenvalue weighted by Crippen LogP contribution is -2.34. The minimum absolute atomic E-state index is 0.0185. The van der Waals surface area contributed by atoms with Crippen LogP contribution in [-0.2, 0) is 9.59 Å². The first-order valence-electron chi connectivity index (χ1n) is 6.35. The van der Waals surface area contributed by atoms with E-state index in [1.807, 2.05) is 30.3 Å². The molecule has 1 amide bonds. The topological polar surface area (TPSA) is 66.4 Å². The van der Waals surface area contributed by atoms with Crippen molar-refractivity contribution < 1.29 is 14.7 Å². The van der Waals surface area contributed by atoms with Crippen LogP contribution in [0.3, 0.4) is 0 Å². The molecule has 0 saturated heterocycles. The molecule has 4 nitrogen and oxygen atoms in total. The van der Waals surface area contributed by atoms with Crippen molar-refractivity contribution in [2.75, 3.05) is 5.75 Å². The van der Waals surface area contributed by atoms with E-state index in [9.17, 15) is 9.59 Å². The largest absolute Gasteiger partial charge is 0.481 e. The van der Waals surface area contributed by atoms with E-state index in [1.54, 1.807) is 0 Å². The number of carboxylic acids is 1. The van der Waals surface area contributed by atoms with E-state index in [0.29, 0.717) is 18.6 Å². The van der Waals surface area contributed by atoms with Crippen molar-refractivity contribution in [3.63, 3.8) is 0 Å². The Morgan fingerprint density at radius 2 is 2.00 bits per heavy atom. The van der Waals surface area contributed by atoms with Crippen LogP contribution in [0.2, 0.25) is 0 Å². The second kappa shape index (κ2) is 6.61. The highest BCUT2D eigenvalue weighted by Gasteiger charge is 2.30. The van der Waals surface area contributed by atoms with Crippen molar-refractivity contribution in [1.29, 1.82) is 0 Å². The van der Waals surface area contributed by atoms with Crippen LogP contribution < -0.4 is 5.32 Å². The highest BCUT2D eigenvalue weighted by atomic mass is 32.2. The molecule has 1 aliphatic rings. The van der Waals surface area contributed by atoms with Crippen LogP contribution in [0.4, 0.5) is 0 Å². The smallest absolute Gasteiger partial charge is 0.306 e. The molecule has 0 aromatic heterocycles. The summed E-state index contributed by atoms with van der Waals surface area (Å²) in [5, 5.41) is 11.8. The zero-order valence-corrected chi connectivity index (χ0v) is 11.4. The lowest BCUT2D eigenvalue weighted by Gasteiger charge is -2.12. The van der Waals surface area contributed by atoms with E-state index in [2.05, 4.69) is 5.32 Å². The van der Waals surface area contributed by atoms with Crippen LogP contribution in [0.1, 0.15) is 19.3 Å². The normalized spacial score (nSPS) is 22.1. The lowest BCUT2D eigenvalue weighted by molar-refractivity contribution is -0.141. The van der Waals surface area contributed by atoms with Gasteiger partial charge in [-0.3, -0.25) is 9.59 Å². The maximum absolute atomic E-state index is 11.8. The summed E-state index contributed by atoms with van der Waals surface area (Å²) in [6.07, 6.45) is 1.97. The Morgan fingerprint density at radius 1 is 1.26 bits per heavy atom. The molecule has 0 heterocycles. The summed E-state index contributed by atoms with van der Waals surface area (Å²) in [4.78, 5) is 23.7. The number of aliphatic carboxylic acids is 1. The van der Waals surface area contributed by atoms with Gasteiger partial charge in [-0.25, -0.2) is 0 Å². The molecule has 0 aliphatic heterocycles. The van der Waals surface area contributed by atoms with Crippen LogP contribution in [-0.4, -0.2) is 28.8 Å². The fourth-order valence-corrected chi connectivity index (χ4v) is 3.00. The lowest BCUT2D eigenvalue weighted by atomic mass is 10.1. The Labute approximate surface area is 116 Å². The van der Waals surface area contributed by atoms with Gasteiger partial charge in [-0.2, -0.15) is 0 Å². The van der Waals surface area contributed by atoms with E-state index < -0.39 is 5.97 Å². The number of hydrogen-bond donors (Lipinski definition) is 2. The highest BCUT2D eigenvalue weighted by Crippen LogP contribution is 2.26. The van der Waals surface area contributed by atoms with Gasteiger partial charge in [0.25, 0.3) is 0 Å². The number of benzene rings is 1. The Hall–Kier alpha value is -1.49. The first-order chi connectivity index (χ1) is 9.15. The molecule has 1 aromatic carbocycles. The van der Waals surface area contributed by atoms with Gasteiger partial charge in [-0.15, -0.1) is 11.8 Å². The van der Waals surface area contributed by atoms with Gasteiger partial charge in [0.05, 0.1) is 11.7 Å². The molecular weight excluding hydrogens is 262 g/mol. The Kier molecular flexibility index (Phi) is 4.85. The van der Waals surface area contributed by atoms with Crippen molar-refractivity contribution in [3.8, 4) is 0 Å². The Morgan fingerprint density at radius 3 is 2.63 bits per heavy atom. The summed E-state index contributed by atoms with van der Waals surface area (Å²) < 4.78 is 0. The van der Waals surface area contributed by atoms with Crippen LogP contribution in [0.15, 0.2) is 35.2 Å². The predicted molar refractivity (Wildman–Crippen MR) is 74.1 cm³/mol. The number of amides is 1. The number of rotatable bonds is 5. The zero-order valence-electron chi connectivity index (χ0n) is 10.5. The minimum atomic E-state index is -0.754. The third kappa shape index (κ3) is 4.28. The summed E-state index contributed by atoms with van der Waals surface area (Å²) >= 11 is 1.49. The minimum Gasteiger partial charge on any atom is -0.481 e. The van der Waals surface area contributed by atoms with E-state index in [1.165, 1.54) is 11.8 Å². The van der Waals surface area contributed by atoms with E-state index in [4.69, 9.17) is 5.11 Å². The molecule has 0 bridgehead atoms. The first-order valence-corrected chi connectivity index (χ1v) is 7.33. The molecule has 0 spiro atoms. The monoisotopic (exact) mass is 279 g/mol. The van der Waals surface area contributed by atoms with Gasteiger partial charge in [0, 0.05) is 10.9 Å². The molecule has 2 atom stereocenters. The number of carbonyl (C=O) groups excluding carboxylic acids is 1. The fraction of sp³-hybridized carbons (Fsp3) is 0.429. The van der Waals surface area contributed by atoms with Crippen molar-refractivity contribution in [2.45, 2.75) is 30.2 Å². The third-order valence-corrected chi connectivity index (χ3v) is 4.27. The number of nitrogens with one attached hydrogen (secondary N) is 1. The summed E-state index contributed by atoms with van der Waals surface area (Å²) in [5.41, 5.74) is 0. The van der Waals surface area contributed by atoms with Crippen LogP contribution in [0, 0.1) is 5.92 Å². The molecule has 2 rings (SSSR count). The molecule has 1 fully saturated rings. The molecule has 5 heteroatoms. The maximum atomic E-state index is 11.8. The fourth-order valence-electron chi connectivity index (χ4n) is 2.27. The molecule has 1 saturated carbocycles.